The van der Waals surface area contributed by atoms with E-state index in [4.69, 9.17) is 9.72 Å². The van der Waals surface area contributed by atoms with Crippen LogP contribution in [-0.2, 0) is 9.59 Å². The van der Waals surface area contributed by atoms with Crippen molar-refractivity contribution in [2.45, 2.75) is 78.5 Å². The minimum absolute atomic E-state index is 0.0896. The first-order chi connectivity index (χ1) is 28.1. The lowest BCUT2D eigenvalue weighted by Gasteiger charge is -2.63. The highest BCUT2D eigenvalue weighted by molar-refractivity contribution is 6.23. The summed E-state index contributed by atoms with van der Waals surface area (Å²) in [6.07, 6.45) is 3.85. The number of nitrogens with one attached hydrogen (secondary N) is 2. The standard InChI is InChI=1S/C45H52N8O6/c1-27-22-32(9-6-29(27)24-46)59-43-44(2,3)42(45(43,4)5)49-38(55)30-7-12-36(47-25-30)52-16-14-28(15-17-52)26-50-18-20-51(21-19-50)31-8-10-33-34(23-31)41(58)53(40(33)57)35-11-13-37(54)48-39(35)56/h6-10,12,22-23,25,28,35,42-43H,11,13-21,26H2,1-5H3,(H,49,55)(H,48,54,56). The molecule has 4 fully saturated rings. The second kappa shape index (κ2) is 15.4. The lowest BCUT2D eigenvalue weighted by molar-refractivity contribution is -0.164. The van der Waals surface area contributed by atoms with Gasteiger partial charge in [0.15, 0.2) is 0 Å². The number of anilines is 2. The molecule has 8 rings (SSSR count). The van der Waals surface area contributed by atoms with Crippen LogP contribution >= 0.6 is 0 Å². The molecule has 5 aliphatic rings. The third-order valence-electron chi connectivity index (χ3n) is 13.3. The molecule has 14 heteroatoms. The lowest BCUT2D eigenvalue weighted by atomic mass is 9.49. The van der Waals surface area contributed by atoms with Crippen LogP contribution in [0.15, 0.2) is 54.7 Å². The fourth-order valence-corrected chi connectivity index (χ4v) is 10.2. The quantitative estimate of drug-likeness (QED) is 0.296. The largest absolute Gasteiger partial charge is 0.489 e. The molecule has 4 aliphatic heterocycles. The summed E-state index contributed by atoms with van der Waals surface area (Å²) in [7, 11) is 0. The first-order valence-electron chi connectivity index (χ1n) is 20.7. The third kappa shape index (κ3) is 7.41. The second-order valence-electron chi connectivity index (χ2n) is 17.9. The number of nitriles is 1. The summed E-state index contributed by atoms with van der Waals surface area (Å²) in [5.74, 6) is 0.0181. The molecule has 1 unspecified atom stereocenters. The fraction of sp³-hybridized carbons (Fsp3) is 0.489. The Balaban J connectivity index is 0.789. The maximum Gasteiger partial charge on any atom is 0.262 e. The van der Waals surface area contributed by atoms with Gasteiger partial charge in [0, 0.05) is 81.0 Å². The van der Waals surface area contributed by atoms with Gasteiger partial charge in [-0.05, 0) is 86.2 Å². The Bertz CT molecular complexity index is 2220. The van der Waals surface area contributed by atoms with Crippen LogP contribution in [0, 0.1) is 35.0 Å². The van der Waals surface area contributed by atoms with Crippen LogP contribution in [0.3, 0.4) is 0 Å². The molecule has 0 spiro atoms. The van der Waals surface area contributed by atoms with Gasteiger partial charge in [0.05, 0.1) is 28.3 Å². The molecular formula is C45H52N8O6. The summed E-state index contributed by atoms with van der Waals surface area (Å²) in [6.45, 7) is 16.5. The van der Waals surface area contributed by atoms with E-state index in [-0.39, 0.29) is 41.7 Å². The highest BCUT2D eigenvalue weighted by Crippen LogP contribution is 2.55. The fourth-order valence-electron chi connectivity index (χ4n) is 10.2. The number of pyridine rings is 1. The summed E-state index contributed by atoms with van der Waals surface area (Å²) < 4.78 is 6.45. The first kappa shape index (κ1) is 40.0. The number of hydrogen-bond donors (Lipinski definition) is 2. The highest BCUT2D eigenvalue weighted by atomic mass is 16.5. The number of rotatable bonds is 9. The van der Waals surface area contributed by atoms with Crippen LogP contribution in [0.5, 0.6) is 5.75 Å². The molecule has 308 valence electrons. The molecule has 2 aromatic carbocycles. The van der Waals surface area contributed by atoms with Crippen molar-refractivity contribution in [3.8, 4) is 11.8 Å². The Hall–Kier alpha value is -5.81. The minimum Gasteiger partial charge on any atom is -0.489 e. The molecule has 2 N–H and O–H groups in total. The SMILES string of the molecule is Cc1cc(OC2C(C)(C)C(NC(=O)c3ccc(N4CCC(CN5CCN(c6ccc7c(c6)C(=O)N(C6CCC(=O)NC6=O)C7=O)CC5)CC4)nc3)C2(C)C)ccc1C#N. The summed E-state index contributed by atoms with van der Waals surface area (Å²) in [5.41, 5.74) is 2.84. The Kier molecular flexibility index (Phi) is 10.4. The number of aromatic nitrogens is 1. The molecule has 1 atom stereocenters. The molecule has 3 aromatic rings. The number of aryl methyl sites for hydroxylation is 1. The maximum atomic E-state index is 13.5. The Morgan fingerprint density at radius 2 is 1.59 bits per heavy atom. The van der Waals surface area contributed by atoms with Gasteiger partial charge in [-0.25, -0.2) is 4.98 Å². The van der Waals surface area contributed by atoms with Crippen LogP contribution < -0.4 is 25.2 Å². The van der Waals surface area contributed by atoms with Crippen LogP contribution in [-0.4, -0.2) is 108 Å². The summed E-state index contributed by atoms with van der Waals surface area (Å²) in [6, 6.07) is 15.7. The molecule has 0 radical (unpaired) electrons. The van der Waals surface area contributed by atoms with Crippen molar-refractivity contribution in [1.29, 1.82) is 5.26 Å². The Morgan fingerprint density at radius 3 is 2.24 bits per heavy atom. The summed E-state index contributed by atoms with van der Waals surface area (Å²) >= 11 is 0. The number of piperazine rings is 1. The van der Waals surface area contributed by atoms with E-state index < -0.39 is 29.7 Å². The van der Waals surface area contributed by atoms with Crippen LogP contribution in [0.1, 0.15) is 95.6 Å². The molecule has 3 saturated heterocycles. The minimum atomic E-state index is -0.976. The average molecular weight is 801 g/mol. The van der Waals surface area contributed by atoms with Crippen molar-refractivity contribution >= 4 is 41.0 Å². The molecule has 1 saturated carbocycles. The lowest BCUT2D eigenvalue weighted by Crippen LogP contribution is -2.74. The predicted molar refractivity (Wildman–Crippen MR) is 220 cm³/mol. The van der Waals surface area contributed by atoms with Gasteiger partial charge in [0.1, 0.15) is 23.7 Å². The Morgan fingerprint density at radius 1 is 0.881 bits per heavy atom. The van der Waals surface area contributed by atoms with E-state index in [0.717, 1.165) is 86.4 Å². The first-order valence-corrected chi connectivity index (χ1v) is 20.7. The summed E-state index contributed by atoms with van der Waals surface area (Å²) in [5, 5.41) is 14.8. The van der Waals surface area contributed by atoms with E-state index in [2.05, 4.69) is 59.1 Å². The predicted octanol–water partition coefficient (Wildman–Crippen LogP) is 4.31. The van der Waals surface area contributed by atoms with Crippen LogP contribution in [0.25, 0.3) is 0 Å². The van der Waals surface area contributed by atoms with Crippen molar-refractivity contribution in [2.24, 2.45) is 16.7 Å². The zero-order valence-electron chi connectivity index (χ0n) is 34.4. The van der Waals surface area contributed by atoms with Gasteiger partial charge in [-0.2, -0.15) is 5.26 Å². The number of nitrogens with zero attached hydrogens (tertiary/aromatic N) is 6. The van der Waals surface area contributed by atoms with E-state index in [0.29, 0.717) is 28.2 Å². The zero-order chi connectivity index (χ0) is 41.8. The van der Waals surface area contributed by atoms with E-state index in [1.54, 1.807) is 24.4 Å². The van der Waals surface area contributed by atoms with Crippen LogP contribution in [0.4, 0.5) is 11.5 Å². The number of fused-ring (bicyclic) bond motifs is 1. The number of imide groups is 2. The Labute approximate surface area is 344 Å². The molecule has 5 heterocycles. The van der Waals surface area contributed by atoms with Crippen molar-refractivity contribution in [1.82, 2.24) is 25.4 Å². The van der Waals surface area contributed by atoms with Gasteiger partial charge in [-0.1, -0.05) is 27.7 Å². The van der Waals surface area contributed by atoms with Crippen LogP contribution in [0.2, 0.25) is 0 Å². The third-order valence-corrected chi connectivity index (χ3v) is 13.3. The number of carbonyl (C=O) groups is 5. The van der Waals surface area contributed by atoms with E-state index in [9.17, 15) is 29.2 Å². The second-order valence-corrected chi connectivity index (χ2v) is 17.9. The van der Waals surface area contributed by atoms with Crippen molar-refractivity contribution < 1.29 is 28.7 Å². The van der Waals surface area contributed by atoms with Crippen molar-refractivity contribution in [3.05, 3.63) is 82.5 Å². The maximum absolute atomic E-state index is 13.5. The van der Waals surface area contributed by atoms with Gasteiger partial charge in [-0.15, -0.1) is 0 Å². The molecule has 5 amide bonds. The number of ether oxygens (including phenoxy) is 1. The van der Waals surface area contributed by atoms with Gasteiger partial charge < -0.3 is 19.9 Å². The highest BCUT2D eigenvalue weighted by Gasteiger charge is 2.64. The molecule has 1 aromatic heterocycles. The average Bonchev–Trinajstić information content (AvgIpc) is 3.47. The number of amides is 5. The molecule has 0 bridgehead atoms. The van der Waals surface area contributed by atoms with E-state index in [1.807, 2.05) is 37.3 Å². The smallest absolute Gasteiger partial charge is 0.262 e. The van der Waals surface area contributed by atoms with Gasteiger partial charge in [-0.3, -0.25) is 39.1 Å². The number of carbonyl (C=O) groups excluding carboxylic acids is 5. The summed E-state index contributed by atoms with van der Waals surface area (Å²) in [4.78, 5) is 76.8. The van der Waals surface area contributed by atoms with Gasteiger partial charge >= 0.3 is 0 Å². The van der Waals surface area contributed by atoms with Crippen molar-refractivity contribution in [2.75, 3.05) is 55.6 Å². The molecular weight excluding hydrogens is 749 g/mol. The monoisotopic (exact) mass is 800 g/mol. The van der Waals surface area contributed by atoms with E-state index >= 15 is 0 Å². The number of piperidine rings is 2. The topological polar surface area (TPSA) is 168 Å². The van der Waals surface area contributed by atoms with Crippen molar-refractivity contribution in [3.63, 3.8) is 0 Å². The van der Waals surface area contributed by atoms with Gasteiger partial charge in [0.25, 0.3) is 17.7 Å². The normalized spacial score (nSPS) is 24.3. The van der Waals surface area contributed by atoms with E-state index in [1.165, 1.54) is 0 Å². The molecule has 14 nitrogen and oxygen atoms in total. The number of hydrogen-bond acceptors (Lipinski definition) is 11. The molecule has 59 heavy (non-hydrogen) atoms. The molecule has 1 aliphatic carbocycles. The van der Waals surface area contributed by atoms with Gasteiger partial charge in [0.2, 0.25) is 11.8 Å². The zero-order valence-corrected chi connectivity index (χ0v) is 34.4. The number of benzene rings is 2.